The van der Waals surface area contributed by atoms with E-state index in [1.54, 1.807) is 13.8 Å². The Balaban J connectivity index is 1.62. The van der Waals surface area contributed by atoms with Gasteiger partial charge in [0, 0.05) is 18.5 Å². The molecule has 0 unspecified atom stereocenters. The maximum atomic E-state index is 12.5. The van der Waals surface area contributed by atoms with Crippen molar-refractivity contribution in [2.75, 3.05) is 0 Å². The molecule has 25 heavy (non-hydrogen) atoms. The molecule has 0 spiro atoms. The van der Waals surface area contributed by atoms with Crippen LogP contribution in [-0.2, 0) is 27.1 Å². The Kier molecular flexibility index (Phi) is 5.49. The number of hydrogen-bond acceptors (Lipinski definition) is 3. The number of hydrogen-bond donors (Lipinski definition) is 2. The first-order chi connectivity index (χ1) is 11.8. The third kappa shape index (κ3) is 4.61. The van der Waals surface area contributed by atoms with Crippen LogP contribution in [-0.4, -0.2) is 20.4 Å². The Hall–Kier alpha value is -1.40. The summed E-state index contributed by atoms with van der Waals surface area (Å²) in [6.07, 6.45) is 4.68. The third-order valence-corrected chi connectivity index (χ3v) is 6.93. The molecule has 2 aliphatic carbocycles. The van der Waals surface area contributed by atoms with Crippen molar-refractivity contribution in [1.82, 2.24) is 10.0 Å². The van der Waals surface area contributed by atoms with E-state index in [-0.39, 0.29) is 23.6 Å². The van der Waals surface area contributed by atoms with Gasteiger partial charge in [-0.25, -0.2) is 13.1 Å². The highest BCUT2D eigenvalue weighted by molar-refractivity contribution is 7.88. The number of benzene rings is 1. The van der Waals surface area contributed by atoms with Crippen LogP contribution in [0, 0.1) is 17.8 Å². The summed E-state index contributed by atoms with van der Waals surface area (Å²) in [5.41, 5.74) is 1.61. The Morgan fingerprint density at radius 1 is 1.16 bits per heavy atom. The van der Waals surface area contributed by atoms with Crippen molar-refractivity contribution in [2.45, 2.75) is 57.9 Å². The van der Waals surface area contributed by atoms with Gasteiger partial charge >= 0.3 is 0 Å². The van der Waals surface area contributed by atoms with Gasteiger partial charge in [0.15, 0.2) is 0 Å². The third-order valence-electron chi connectivity index (χ3n) is 5.41. The topological polar surface area (TPSA) is 75.3 Å². The lowest BCUT2D eigenvalue weighted by Gasteiger charge is -2.21. The van der Waals surface area contributed by atoms with Gasteiger partial charge < -0.3 is 5.32 Å². The maximum Gasteiger partial charge on any atom is 0.223 e. The molecular weight excluding hydrogens is 336 g/mol. The monoisotopic (exact) mass is 364 g/mol. The lowest BCUT2D eigenvalue weighted by molar-refractivity contribution is -0.126. The summed E-state index contributed by atoms with van der Waals surface area (Å²) in [6, 6.07) is 7.29. The molecule has 5 nitrogen and oxygen atoms in total. The quantitative estimate of drug-likeness (QED) is 0.781. The van der Waals surface area contributed by atoms with Gasteiger partial charge in [-0.2, -0.15) is 0 Å². The second-order valence-corrected chi connectivity index (χ2v) is 9.55. The van der Waals surface area contributed by atoms with Crippen molar-refractivity contribution in [3.05, 3.63) is 35.4 Å². The summed E-state index contributed by atoms with van der Waals surface area (Å²) >= 11 is 0. The van der Waals surface area contributed by atoms with Crippen molar-refractivity contribution in [1.29, 1.82) is 0 Å². The van der Waals surface area contributed by atoms with Gasteiger partial charge in [-0.15, -0.1) is 0 Å². The number of rotatable bonds is 7. The van der Waals surface area contributed by atoms with Crippen molar-refractivity contribution in [3.63, 3.8) is 0 Å². The van der Waals surface area contributed by atoms with E-state index in [1.165, 1.54) is 19.3 Å². The number of sulfonamides is 1. The van der Waals surface area contributed by atoms with Gasteiger partial charge in [-0.1, -0.05) is 30.7 Å². The molecule has 0 saturated heterocycles. The molecule has 2 aliphatic rings. The summed E-state index contributed by atoms with van der Waals surface area (Å²) < 4.78 is 27.0. The van der Waals surface area contributed by atoms with E-state index in [0.717, 1.165) is 23.5 Å². The second kappa shape index (κ2) is 7.46. The van der Waals surface area contributed by atoms with Crippen LogP contribution in [0.1, 0.15) is 50.7 Å². The average molecular weight is 365 g/mol. The van der Waals surface area contributed by atoms with E-state index >= 15 is 0 Å². The lowest BCUT2D eigenvalue weighted by atomic mass is 9.88. The van der Waals surface area contributed by atoms with Gasteiger partial charge in [-0.05, 0) is 56.1 Å². The zero-order valence-corrected chi connectivity index (χ0v) is 15.8. The zero-order valence-electron chi connectivity index (χ0n) is 15.0. The van der Waals surface area contributed by atoms with Gasteiger partial charge in [0.25, 0.3) is 0 Å². The van der Waals surface area contributed by atoms with E-state index in [9.17, 15) is 13.2 Å². The predicted octanol–water partition coefficient (Wildman–Crippen LogP) is 2.57. The molecule has 138 valence electrons. The summed E-state index contributed by atoms with van der Waals surface area (Å²) in [6.45, 7) is 4.00. The number of carbonyl (C=O) groups is 1. The molecular formula is C19H28N2O3S. The SMILES string of the molecule is CC(C)NS(=O)(=O)Cc1ccccc1CNC(=O)[C@H]1C[C@H]2CC[C@H]1C2. The van der Waals surface area contributed by atoms with Gasteiger partial charge in [0.1, 0.15) is 0 Å². The first-order valence-electron chi connectivity index (χ1n) is 9.18. The minimum absolute atomic E-state index is 0.0641. The van der Waals surface area contributed by atoms with Crippen molar-refractivity contribution in [3.8, 4) is 0 Å². The fraction of sp³-hybridized carbons (Fsp3) is 0.632. The number of amides is 1. The standard InChI is InChI=1S/C19H28N2O3S/c1-13(2)21-25(23,24)12-17-6-4-3-5-16(17)11-20-19(22)18-10-14-7-8-15(18)9-14/h3-6,13-15,18,21H,7-12H2,1-2H3,(H,20,22)/t14-,15-,18-/m0/s1. The van der Waals surface area contributed by atoms with E-state index in [4.69, 9.17) is 0 Å². The van der Waals surface area contributed by atoms with E-state index in [0.29, 0.717) is 12.5 Å². The molecule has 1 aromatic rings. The molecule has 0 radical (unpaired) electrons. The molecule has 0 heterocycles. The van der Waals surface area contributed by atoms with Crippen molar-refractivity contribution < 1.29 is 13.2 Å². The van der Waals surface area contributed by atoms with Crippen molar-refractivity contribution >= 4 is 15.9 Å². The summed E-state index contributed by atoms with van der Waals surface area (Å²) in [7, 11) is -3.38. The molecule has 3 atom stereocenters. The summed E-state index contributed by atoms with van der Waals surface area (Å²) in [5, 5.41) is 3.04. The minimum Gasteiger partial charge on any atom is -0.352 e. The van der Waals surface area contributed by atoms with Crippen LogP contribution in [0.5, 0.6) is 0 Å². The highest BCUT2D eigenvalue weighted by atomic mass is 32.2. The molecule has 3 rings (SSSR count). The highest BCUT2D eigenvalue weighted by Crippen LogP contribution is 2.48. The smallest absolute Gasteiger partial charge is 0.223 e. The Morgan fingerprint density at radius 2 is 1.88 bits per heavy atom. The number of fused-ring (bicyclic) bond motifs is 2. The van der Waals surface area contributed by atoms with Crippen LogP contribution in [0.2, 0.25) is 0 Å². The highest BCUT2D eigenvalue weighted by Gasteiger charge is 2.42. The molecule has 1 amide bonds. The normalized spacial score (nSPS) is 25.5. The first-order valence-corrected chi connectivity index (χ1v) is 10.8. The zero-order chi connectivity index (χ0) is 18.0. The maximum absolute atomic E-state index is 12.5. The fourth-order valence-electron chi connectivity index (χ4n) is 4.36. The molecule has 2 bridgehead atoms. The van der Waals surface area contributed by atoms with Crippen LogP contribution in [0.15, 0.2) is 24.3 Å². The molecule has 0 aromatic heterocycles. The summed E-state index contributed by atoms with van der Waals surface area (Å²) in [5.74, 6) is 1.50. The lowest BCUT2D eigenvalue weighted by Crippen LogP contribution is -2.34. The predicted molar refractivity (Wildman–Crippen MR) is 98.1 cm³/mol. The number of nitrogens with one attached hydrogen (secondary N) is 2. The second-order valence-electron chi connectivity index (χ2n) is 7.80. The van der Waals surface area contributed by atoms with Crippen LogP contribution in [0.3, 0.4) is 0 Å². The number of carbonyl (C=O) groups excluding carboxylic acids is 1. The molecule has 2 fully saturated rings. The Morgan fingerprint density at radius 3 is 2.48 bits per heavy atom. The molecule has 0 aliphatic heterocycles. The first kappa shape index (κ1) is 18.4. The van der Waals surface area contributed by atoms with Crippen LogP contribution >= 0.6 is 0 Å². The van der Waals surface area contributed by atoms with Crippen LogP contribution in [0.25, 0.3) is 0 Å². The van der Waals surface area contributed by atoms with Crippen molar-refractivity contribution in [2.24, 2.45) is 17.8 Å². The van der Waals surface area contributed by atoms with Gasteiger partial charge in [0.2, 0.25) is 15.9 Å². The largest absolute Gasteiger partial charge is 0.352 e. The molecule has 2 saturated carbocycles. The van der Waals surface area contributed by atoms with Gasteiger partial charge in [-0.3, -0.25) is 4.79 Å². The van der Waals surface area contributed by atoms with Gasteiger partial charge in [0.05, 0.1) is 5.75 Å². The van der Waals surface area contributed by atoms with E-state index in [2.05, 4.69) is 10.0 Å². The van der Waals surface area contributed by atoms with Crippen LogP contribution in [0.4, 0.5) is 0 Å². The molecule has 6 heteroatoms. The fourth-order valence-corrected chi connectivity index (χ4v) is 5.85. The minimum atomic E-state index is -3.38. The molecule has 1 aromatic carbocycles. The summed E-state index contributed by atoms with van der Waals surface area (Å²) in [4.78, 5) is 12.5. The van der Waals surface area contributed by atoms with E-state index in [1.807, 2.05) is 24.3 Å². The molecule has 2 N–H and O–H groups in total. The average Bonchev–Trinajstić information content (AvgIpc) is 3.15. The Bertz CT molecular complexity index is 730. The van der Waals surface area contributed by atoms with E-state index < -0.39 is 10.0 Å². The van der Waals surface area contributed by atoms with Crippen LogP contribution < -0.4 is 10.0 Å². The Labute approximate surface area is 150 Å².